The van der Waals surface area contributed by atoms with Crippen LogP contribution < -0.4 is 9.46 Å². The molecule has 0 aliphatic heterocycles. The second-order valence-electron chi connectivity index (χ2n) is 5.86. The molecule has 0 aliphatic carbocycles. The lowest BCUT2D eigenvalue weighted by atomic mass is 10.0. The smallest absolute Gasteiger partial charge is 0.254 e. The molecule has 1 N–H and O–H groups in total. The minimum absolute atomic E-state index is 0.0727. The highest BCUT2D eigenvalue weighted by atomic mass is 32.2. The van der Waals surface area contributed by atoms with Crippen LogP contribution in [-0.2, 0) is 10.0 Å². The fourth-order valence-electron chi connectivity index (χ4n) is 2.67. The average Bonchev–Trinajstić information content (AvgIpc) is 2.66. The lowest BCUT2D eigenvalue weighted by molar-refractivity contribution is 0.0741. The molecule has 0 bridgehead atoms. The summed E-state index contributed by atoms with van der Waals surface area (Å²) in [6.45, 7) is 3.88. The molecule has 1 amide bonds. The minimum atomic E-state index is -3.62. The van der Waals surface area contributed by atoms with Gasteiger partial charge in [-0.2, -0.15) is 0 Å². The van der Waals surface area contributed by atoms with Crippen molar-refractivity contribution >= 4 is 15.9 Å². The molecule has 0 radical (unpaired) electrons. The van der Waals surface area contributed by atoms with Gasteiger partial charge >= 0.3 is 0 Å². The van der Waals surface area contributed by atoms with Crippen molar-refractivity contribution in [2.75, 3.05) is 20.7 Å². The minimum Gasteiger partial charge on any atom is -0.496 e. The molecule has 0 aliphatic rings. The molecule has 6 nitrogen and oxygen atoms in total. The van der Waals surface area contributed by atoms with Gasteiger partial charge in [-0.05, 0) is 31.2 Å². The van der Waals surface area contributed by atoms with Crippen LogP contribution in [0.25, 0.3) is 0 Å². The second kappa shape index (κ2) is 8.33. The lowest BCUT2D eigenvalue weighted by Crippen LogP contribution is -2.30. The normalized spacial score (nSPS) is 12.5. The maximum absolute atomic E-state index is 12.9. The van der Waals surface area contributed by atoms with Gasteiger partial charge in [-0.1, -0.05) is 31.2 Å². The van der Waals surface area contributed by atoms with E-state index in [1.165, 1.54) is 12.1 Å². The van der Waals surface area contributed by atoms with E-state index in [-0.39, 0.29) is 23.4 Å². The molecular weight excluding hydrogens is 352 g/mol. The average molecular weight is 376 g/mol. The van der Waals surface area contributed by atoms with Crippen LogP contribution >= 0.6 is 0 Å². The maximum atomic E-state index is 12.9. The second-order valence-corrected chi connectivity index (χ2v) is 7.63. The number of carbonyl (C=O) groups is 1. The number of rotatable bonds is 7. The van der Waals surface area contributed by atoms with Gasteiger partial charge in [0.1, 0.15) is 5.75 Å². The highest BCUT2D eigenvalue weighted by molar-refractivity contribution is 7.89. The Bertz CT molecular complexity index is 881. The van der Waals surface area contributed by atoms with Crippen LogP contribution in [0.2, 0.25) is 0 Å². The number of methoxy groups -OCH3 is 1. The summed E-state index contributed by atoms with van der Waals surface area (Å²) in [5.74, 6) is 0.431. The largest absolute Gasteiger partial charge is 0.496 e. The molecule has 1 atom stereocenters. The first-order valence-corrected chi connectivity index (χ1v) is 9.80. The standard InChI is InChI=1S/C19H24N2O4S/c1-5-20-26(23,24)16-10-8-9-15(13-16)19(22)21(3)14(2)17-11-6-7-12-18(17)25-4/h6-14,20H,5H2,1-4H3. The number of ether oxygens (including phenoxy) is 1. The predicted octanol–water partition coefficient (Wildman–Crippen LogP) is 2.83. The molecular formula is C19H24N2O4S. The zero-order valence-corrected chi connectivity index (χ0v) is 16.2. The molecule has 0 saturated heterocycles. The van der Waals surface area contributed by atoms with E-state index in [4.69, 9.17) is 4.74 Å². The van der Waals surface area contributed by atoms with Crippen LogP contribution in [0.3, 0.4) is 0 Å². The summed E-state index contributed by atoms with van der Waals surface area (Å²) in [6.07, 6.45) is 0. The Labute approximate surface area is 154 Å². The van der Waals surface area contributed by atoms with Crippen molar-refractivity contribution in [2.45, 2.75) is 24.8 Å². The molecule has 1 unspecified atom stereocenters. The molecule has 2 aromatic carbocycles. The number of para-hydroxylation sites is 1. The van der Waals surface area contributed by atoms with Crippen molar-refractivity contribution in [1.82, 2.24) is 9.62 Å². The van der Waals surface area contributed by atoms with Crippen LogP contribution in [0, 0.1) is 0 Å². The Morgan fingerprint density at radius 3 is 2.54 bits per heavy atom. The van der Waals surface area contributed by atoms with Crippen molar-refractivity contribution < 1.29 is 17.9 Å². The predicted molar refractivity (Wildman–Crippen MR) is 101 cm³/mol. The third-order valence-corrected chi connectivity index (χ3v) is 5.76. The molecule has 7 heteroatoms. The first-order chi connectivity index (χ1) is 12.3. The van der Waals surface area contributed by atoms with Crippen molar-refractivity contribution in [3.63, 3.8) is 0 Å². The van der Waals surface area contributed by atoms with Crippen LogP contribution in [0.5, 0.6) is 5.75 Å². The van der Waals surface area contributed by atoms with E-state index >= 15 is 0 Å². The van der Waals surface area contributed by atoms with E-state index in [0.29, 0.717) is 11.3 Å². The van der Waals surface area contributed by atoms with Gasteiger partial charge in [0, 0.05) is 24.7 Å². The summed E-state index contributed by atoms with van der Waals surface area (Å²) in [7, 11) is -0.345. The number of benzene rings is 2. The van der Waals surface area contributed by atoms with Gasteiger partial charge in [0.05, 0.1) is 18.0 Å². The fraction of sp³-hybridized carbons (Fsp3) is 0.316. The van der Waals surface area contributed by atoms with Gasteiger partial charge < -0.3 is 9.64 Å². The third kappa shape index (κ3) is 4.23. The van der Waals surface area contributed by atoms with Crippen molar-refractivity contribution in [3.8, 4) is 5.75 Å². The quantitative estimate of drug-likeness (QED) is 0.806. The topological polar surface area (TPSA) is 75.7 Å². The Hall–Kier alpha value is -2.38. The fourth-order valence-corrected chi connectivity index (χ4v) is 3.76. The van der Waals surface area contributed by atoms with Crippen molar-refractivity contribution in [1.29, 1.82) is 0 Å². The summed E-state index contributed by atoms with van der Waals surface area (Å²) in [4.78, 5) is 14.5. The zero-order valence-electron chi connectivity index (χ0n) is 15.4. The van der Waals surface area contributed by atoms with E-state index in [0.717, 1.165) is 5.56 Å². The van der Waals surface area contributed by atoms with E-state index in [1.807, 2.05) is 31.2 Å². The van der Waals surface area contributed by atoms with Gasteiger partial charge in [-0.3, -0.25) is 4.79 Å². The van der Waals surface area contributed by atoms with Gasteiger partial charge in [0.15, 0.2) is 0 Å². The van der Waals surface area contributed by atoms with Gasteiger partial charge in [0.2, 0.25) is 10.0 Å². The molecule has 0 aromatic heterocycles. The van der Waals surface area contributed by atoms with Crippen LogP contribution in [0.4, 0.5) is 0 Å². The van der Waals surface area contributed by atoms with Crippen molar-refractivity contribution in [2.24, 2.45) is 0 Å². The summed E-state index contributed by atoms with van der Waals surface area (Å²) >= 11 is 0. The zero-order chi connectivity index (χ0) is 19.3. The molecule has 0 spiro atoms. The van der Waals surface area contributed by atoms with Crippen LogP contribution in [0.15, 0.2) is 53.4 Å². The molecule has 140 valence electrons. The van der Waals surface area contributed by atoms with Gasteiger partial charge in [0.25, 0.3) is 5.91 Å². The maximum Gasteiger partial charge on any atom is 0.254 e. The Morgan fingerprint density at radius 2 is 1.88 bits per heavy atom. The number of amides is 1. The van der Waals surface area contributed by atoms with E-state index in [2.05, 4.69) is 4.72 Å². The lowest BCUT2D eigenvalue weighted by Gasteiger charge is -2.26. The highest BCUT2D eigenvalue weighted by Gasteiger charge is 2.23. The Balaban J connectivity index is 2.31. The molecule has 26 heavy (non-hydrogen) atoms. The Morgan fingerprint density at radius 1 is 1.19 bits per heavy atom. The molecule has 0 heterocycles. The highest BCUT2D eigenvalue weighted by Crippen LogP contribution is 2.29. The summed E-state index contributed by atoms with van der Waals surface area (Å²) < 4.78 is 32.1. The van der Waals surface area contributed by atoms with Crippen LogP contribution in [0.1, 0.15) is 35.8 Å². The Kier molecular flexibility index (Phi) is 6.39. The number of carbonyl (C=O) groups excluding carboxylic acids is 1. The molecule has 0 saturated carbocycles. The molecule has 0 fully saturated rings. The van der Waals surface area contributed by atoms with E-state index < -0.39 is 10.0 Å². The number of nitrogens with zero attached hydrogens (tertiary/aromatic N) is 1. The summed E-state index contributed by atoms with van der Waals surface area (Å²) in [5, 5.41) is 0. The third-order valence-electron chi connectivity index (χ3n) is 4.22. The number of hydrogen-bond donors (Lipinski definition) is 1. The first kappa shape index (κ1) is 19.9. The molecule has 2 aromatic rings. The van der Waals surface area contributed by atoms with Gasteiger partial charge in [-0.25, -0.2) is 13.1 Å². The number of sulfonamides is 1. The van der Waals surface area contributed by atoms with E-state index in [9.17, 15) is 13.2 Å². The number of hydrogen-bond acceptors (Lipinski definition) is 4. The number of nitrogens with one attached hydrogen (secondary N) is 1. The van der Waals surface area contributed by atoms with Crippen LogP contribution in [-0.4, -0.2) is 39.9 Å². The van der Waals surface area contributed by atoms with Crippen molar-refractivity contribution in [3.05, 3.63) is 59.7 Å². The first-order valence-electron chi connectivity index (χ1n) is 8.31. The monoisotopic (exact) mass is 376 g/mol. The molecule has 2 rings (SSSR count). The van der Waals surface area contributed by atoms with Gasteiger partial charge in [-0.15, -0.1) is 0 Å². The van der Waals surface area contributed by atoms with E-state index in [1.54, 1.807) is 38.1 Å². The summed E-state index contributed by atoms with van der Waals surface area (Å²) in [5.41, 5.74) is 1.19. The summed E-state index contributed by atoms with van der Waals surface area (Å²) in [6, 6.07) is 13.3. The SMILES string of the molecule is CCNS(=O)(=O)c1cccc(C(=O)N(C)C(C)c2ccccc2OC)c1.